The molecule has 2 rings (SSSR count). The molecule has 1 aliphatic heterocycles. The SMILES string of the molecule is NC(=O)[C@H]1CCCN(C(=O)COc2cccc([N+](=O)[O-])c2)C1. The van der Waals surface area contributed by atoms with Crippen LogP contribution in [0.25, 0.3) is 0 Å². The van der Waals surface area contributed by atoms with Crippen LogP contribution in [0.15, 0.2) is 24.3 Å². The van der Waals surface area contributed by atoms with Crippen LogP contribution >= 0.6 is 0 Å². The lowest BCUT2D eigenvalue weighted by atomic mass is 9.97. The average Bonchev–Trinajstić information content (AvgIpc) is 2.53. The Hall–Kier alpha value is -2.64. The van der Waals surface area contributed by atoms with Gasteiger partial charge in [-0.2, -0.15) is 0 Å². The minimum Gasteiger partial charge on any atom is -0.484 e. The minimum absolute atomic E-state index is 0.100. The predicted octanol–water partition coefficient (Wildman–Crippen LogP) is 0.697. The van der Waals surface area contributed by atoms with Crippen LogP contribution in [0.1, 0.15) is 12.8 Å². The van der Waals surface area contributed by atoms with E-state index in [1.165, 1.54) is 23.1 Å². The number of carbonyl (C=O) groups is 2. The van der Waals surface area contributed by atoms with Crippen LogP contribution < -0.4 is 10.5 Å². The fourth-order valence-electron chi connectivity index (χ4n) is 2.36. The molecule has 8 heteroatoms. The molecule has 1 saturated heterocycles. The summed E-state index contributed by atoms with van der Waals surface area (Å²) in [6.07, 6.45) is 1.40. The number of piperidine rings is 1. The highest BCUT2D eigenvalue weighted by molar-refractivity contribution is 5.81. The number of hydrogen-bond donors (Lipinski definition) is 1. The van der Waals surface area contributed by atoms with Crippen molar-refractivity contribution in [1.82, 2.24) is 4.90 Å². The van der Waals surface area contributed by atoms with Crippen molar-refractivity contribution in [3.8, 4) is 5.75 Å². The van der Waals surface area contributed by atoms with Crippen molar-refractivity contribution in [2.24, 2.45) is 11.7 Å². The third kappa shape index (κ3) is 3.94. The number of benzene rings is 1. The highest BCUT2D eigenvalue weighted by Gasteiger charge is 2.27. The monoisotopic (exact) mass is 307 g/mol. The molecule has 2 N–H and O–H groups in total. The Morgan fingerprint density at radius 3 is 2.91 bits per heavy atom. The number of ether oxygens (including phenoxy) is 1. The van der Waals surface area contributed by atoms with E-state index in [1.54, 1.807) is 6.07 Å². The molecule has 1 atom stereocenters. The van der Waals surface area contributed by atoms with Crippen LogP contribution in [-0.2, 0) is 9.59 Å². The van der Waals surface area contributed by atoms with Crippen molar-refractivity contribution in [3.63, 3.8) is 0 Å². The van der Waals surface area contributed by atoms with Crippen molar-refractivity contribution < 1.29 is 19.2 Å². The molecule has 1 heterocycles. The van der Waals surface area contributed by atoms with E-state index in [1.807, 2.05) is 0 Å². The second-order valence-corrected chi connectivity index (χ2v) is 5.12. The smallest absolute Gasteiger partial charge is 0.273 e. The Labute approximate surface area is 127 Å². The molecule has 8 nitrogen and oxygen atoms in total. The summed E-state index contributed by atoms with van der Waals surface area (Å²) in [6, 6.07) is 5.64. The van der Waals surface area contributed by atoms with E-state index >= 15 is 0 Å². The fourth-order valence-corrected chi connectivity index (χ4v) is 2.36. The number of nitrogens with two attached hydrogens (primary N) is 1. The number of likely N-dealkylation sites (tertiary alicyclic amines) is 1. The largest absolute Gasteiger partial charge is 0.484 e. The number of nitro groups is 1. The van der Waals surface area contributed by atoms with Crippen LogP contribution in [0.5, 0.6) is 5.75 Å². The standard InChI is InChI=1S/C14H17N3O5/c15-14(19)10-3-2-6-16(8-10)13(18)9-22-12-5-1-4-11(7-12)17(20)21/h1,4-5,7,10H,2-3,6,8-9H2,(H2,15,19)/t10-/m0/s1. The zero-order valence-electron chi connectivity index (χ0n) is 11.9. The van der Waals surface area contributed by atoms with E-state index < -0.39 is 10.8 Å². The first kappa shape index (κ1) is 15.7. The van der Waals surface area contributed by atoms with Gasteiger partial charge in [-0.15, -0.1) is 0 Å². The molecular formula is C14H17N3O5. The predicted molar refractivity (Wildman–Crippen MR) is 77.1 cm³/mol. The van der Waals surface area contributed by atoms with E-state index in [9.17, 15) is 19.7 Å². The number of non-ortho nitro benzene ring substituents is 1. The van der Waals surface area contributed by atoms with Crippen molar-refractivity contribution in [2.45, 2.75) is 12.8 Å². The first-order valence-electron chi connectivity index (χ1n) is 6.91. The summed E-state index contributed by atoms with van der Waals surface area (Å²) in [5.74, 6) is -0.740. The van der Waals surface area contributed by atoms with Gasteiger partial charge in [0.2, 0.25) is 5.91 Å². The molecule has 22 heavy (non-hydrogen) atoms. The summed E-state index contributed by atoms with van der Waals surface area (Å²) >= 11 is 0. The van der Waals surface area contributed by atoms with Gasteiger partial charge in [-0.05, 0) is 18.9 Å². The van der Waals surface area contributed by atoms with Gasteiger partial charge in [0.15, 0.2) is 6.61 Å². The maximum Gasteiger partial charge on any atom is 0.273 e. The van der Waals surface area contributed by atoms with Gasteiger partial charge in [-0.1, -0.05) is 6.07 Å². The Kier molecular flexibility index (Phi) is 4.92. The molecular weight excluding hydrogens is 290 g/mol. The summed E-state index contributed by atoms with van der Waals surface area (Å²) in [7, 11) is 0. The second-order valence-electron chi connectivity index (χ2n) is 5.12. The van der Waals surface area contributed by atoms with Crippen LogP contribution in [0, 0.1) is 16.0 Å². The Morgan fingerprint density at radius 1 is 1.45 bits per heavy atom. The maximum atomic E-state index is 12.1. The number of rotatable bonds is 5. The average molecular weight is 307 g/mol. The normalized spacial score (nSPS) is 17.8. The first-order chi connectivity index (χ1) is 10.5. The van der Waals surface area contributed by atoms with E-state index in [-0.39, 0.29) is 29.9 Å². The van der Waals surface area contributed by atoms with Crippen LogP contribution in [0.3, 0.4) is 0 Å². The number of carbonyl (C=O) groups excluding carboxylic acids is 2. The van der Waals surface area contributed by atoms with Crippen molar-refractivity contribution in [2.75, 3.05) is 19.7 Å². The number of nitrogens with zero attached hydrogens (tertiary/aromatic N) is 2. The molecule has 1 fully saturated rings. The summed E-state index contributed by atoms with van der Waals surface area (Å²) < 4.78 is 5.30. The van der Waals surface area contributed by atoms with Crippen LogP contribution in [-0.4, -0.2) is 41.3 Å². The van der Waals surface area contributed by atoms with E-state index in [0.29, 0.717) is 19.5 Å². The Morgan fingerprint density at radius 2 is 2.23 bits per heavy atom. The lowest BCUT2D eigenvalue weighted by Gasteiger charge is -2.31. The molecule has 2 amide bonds. The van der Waals surface area contributed by atoms with Gasteiger partial charge in [-0.3, -0.25) is 19.7 Å². The van der Waals surface area contributed by atoms with Gasteiger partial charge >= 0.3 is 0 Å². The van der Waals surface area contributed by atoms with Gasteiger partial charge in [0.25, 0.3) is 11.6 Å². The van der Waals surface area contributed by atoms with Crippen molar-refractivity contribution >= 4 is 17.5 Å². The second kappa shape index (κ2) is 6.88. The quantitative estimate of drug-likeness (QED) is 0.635. The molecule has 0 saturated carbocycles. The number of primary amides is 1. The van der Waals surface area contributed by atoms with Gasteiger partial charge < -0.3 is 15.4 Å². The molecule has 1 aliphatic rings. The van der Waals surface area contributed by atoms with Crippen molar-refractivity contribution in [1.29, 1.82) is 0 Å². The fraction of sp³-hybridized carbons (Fsp3) is 0.429. The minimum atomic E-state index is -0.531. The molecule has 0 unspecified atom stereocenters. The van der Waals surface area contributed by atoms with Gasteiger partial charge in [0.1, 0.15) is 5.75 Å². The van der Waals surface area contributed by atoms with Crippen LogP contribution in [0.4, 0.5) is 5.69 Å². The van der Waals surface area contributed by atoms with E-state index in [2.05, 4.69) is 0 Å². The van der Waals surface area contributed by atoms with Crippen LogP contribution in [0.2, 0.25) is 0 Å². The van der Waals surface area contributed by atoms with Gasteiger partial charge in [0.05, 0.1) is 16.9 Å². The summed E-state index contributed by atoms with van der Waals surface area (Å²) in [6.45, 7) is 0.625. The Balaban J connectivity index is 1.91. The highest BCUT2D eigenvalue weighted by Crippen LogP contribution is 2.20. The maximum absolute atomic E-state index is 12.1. The lowest BCUT2D eigenvalue weighted by molar-refractivity contribution is -0.384. The highest BCUT2D eigenvalue weighted by atomic mass is 16.6. The molecule has 0 bridgehead atoms. The van der Waals surface area contributed by atoms with Crippen molar-refractivity contribution in [3.05, 3.63) is 34.4 Å². The summed E-state index contributed by atoms with van der Waals surface area (Å²) in [5, 5.41) is 10.7. The molecule has 0 radical (unpaired) electrons. The van der Waals surface area contributed by atoms with Gasteiger partial charge in [0, 0.05) is 19.2 Å². The number of hydrogen-bond acceptors (Lipinski definition) is 5. The summed E-state index contributed by atoms with van der Waals surface area (Å²) in [4.78, 5) is 34.9. The number of nitro benzene ring substituents is 1. The molecule has 1 aromatic carbocycles. The molecule has 0 aliphatic carbocycles. The third-order valence-electron chi connectivity index (χ3n) is 3.57. The van der Waals surface area contributed by atoms with E-state index in [4.69, 9.17) is 10.5 Å². The first-order valence-corrected chi connectivity index (χ1v) is 6.91. The van der Waals surface area contributed by atoms with Gasteiger partial charge in [-0.25, -0.2) is 0 Å². The molecule has 118 valence electrons. The number of amides is 2. The van der Waals surface area contributed by atoms with E-state index in [0.717, 1.165) is 6.42 Å². The topological polar surface area (TPSA) is 116 Å². The zero-order chi connectivity index (χ0) is 16.1. The molecule has 1 aromatic rings. The third-order valence-corrected chi connectivity index (χ3v) is 3.57. The Bertz CT molecular complexity index is 590. The summed E-state index contributed by atoms with van der Waals surface area (Å²) in [5.41, 5.74) is 5.17. The molecule has 0 spiro atoms. The lowest BCUT2D eigenvalue weighted by Crippen LogP contribution is -2.45. The zero-order valence-corrected chi connectivity index (χ0v) is 11.9. The molecule has 0 aromatic heterocycles.